The average molecular weight is 340 g/mol. The fourth-order valence-corrected chi connectivity index (χ4v) is 3.01. The van der Waals surface area contributed by atoms with E-state index in [0.717, 1.165) is 37.3 Å². The number of benzene rings is 1. The first kappa shape index (κ1) is 15.6. The highest BCUT2D eigenvalue weighted by molar-refractivity contribution is 5.86. The van der Waals surface area contributed by atoms with Gasteiger partial charge < -0.3 is 20.5 Å². The molecule has 0 amide bonds. The Bertz CT molecular complexity index is 888. The molecule has 8 nitrogen and oxygen atoms in total. The third kappa shape index (κ3) is 3.08. The van der Waals surface area contributed by atoms with Gasteiger partial charge in [0.1, 0.15) is 12.0 Å². The summed E-state index contributed by atoms with van der Waals surface area (Å²) in [6, 6.07) is 7.58. The lowest BCUT2D eigenvalue weighted by Gasteiger charge is -2.23. The van der Waals surface area contributed by atoms with Crippen molar-refractivity contribution < 1.29 is 9.47 Å². The van der Waals surface area contributed by atoms with E-state index in [4.69, 9.17) is 15.2 Å². The molecule has 1 aliphatic rings. The van der Waals surface area contributed by atoms with Gasteiger partial charge in [-0.2, -0.15) is 9.97 Å². The third-order valence-electron chi connectivity index (χ3n) is 4.24. The van der Waals surface area contributed by atoms with Crippen molar-refractivity contribution in [3.05, 3.63) is 30.6 Å². The van der Waals surface area contributed by atoms with Crippen LogP contribution in [0.3, 0.4) is 0 Å². The summed E-state index contributed by atoms with van der Waals surface area (Å²) < 4.78 is 13.0. The van der Waals surface area contributed by atoms with Gasteiger partial charge in [0.25, 0.3) is 0 Å². The molecule has 0 saturated carbocycles. The first-order valence-corrected chi connectivity index (χ1v) is 8.27. The van der Waals surface area contributed by atoms with Crippen molar-refractivity contribution in [1.29, 1.82) is 0 Å². The van der Waals surface area contributed by atoms with Crippen LogP contribution in [-0.2, 0) is 4.74 Å². The summed E-state index contributed by atoms with van der Waals surface area (Å²) in [5.74, 6) is 1.50. The molecule has 1 unspecified atom stereocenters. The molecule has 25 heavy (non-hydrogen) atoms. The lowest BCUT2D eigenvalue weighted by Crippen LogP contribution is -2.18. The second-order valence-electron chi connectivity index (χ2n) is 5.93. The summed E-state index contributed by atoms with van der Waals surface area (Å²) >= 11 is 0. The van der Waals surface area contributed by atoms with Crippen LogP contribution in [0.4, 0.5) is 17.5 Å². The molecule has 0 bridgehead atoms. The maximum atomic E-state index is 5.92. The number of hydrogen-bond acceptors (Lipinski definition) is 7. The smallest absolute Gasteiger partial charge is 0.224 e. The number of nitrogens with zero attached hydrogens (tertiary/aromatic N) is 4. The Labute approximate surface area is 145 Å². The standard InChI is InChI=1S/C17H20N6O2/c1-24-12-6-4-5-11(9-12)20-15-14-16(22-17(18)21-15)23(10-19-14)13-7-2-3-8-25-13/h4-6,9-10,13H,2-3,7-8H2,1H3,(H3,18,20,21,22). The molecule has 0 radical (unpaired) electrons. The van der Waals surface area contributed by atoms with Gasteiger partial charge in [-0.1, -0.05) is 6.07 Å². The molecule has 1 saturated heterocycles. The van der Waals surface area contributed by atoms with Crippen molar-refractivity contribution in [2.45, 2.75) is 25.5 Å². The van der Waals surface area contributed by atoms with Gasteiger partial charge in [0, 0.05) is 18.4 Å². The van der Waals surface area contributed by atoms with Crippen LogP contribution < -0.4 is 15.8 Å². The first-order valence-electron chi connectivity index (χ1n) is 8.27. The van der Waals surface area contributed by atoms with Gasteiger partial charge >= 0.3 is 0 Å². The van der Waals surface area contributed by atoms with Crippen molar-refractivity contribution >= 4 is 28.6 Å². The van der Waals surface area contributed by atoms with Crippen LogP contribution in [-0.4, -0.2) is 33.2 Å². The fourth-order valence-electron chi connectivity index (χ4n) is 3.01. The van der Waals surface area contributed by atoms with Crippen LogP contribution >= 0.6 is 0 Å². The number of aromatic nitrogens is 4. The Kier molecular flexibility index (Phi) is 4.10. The van der Waals surface area contributed by atoms with E-state index in [-0.39, 0.29) is 12.2 Å². The van der Waals surface area contributed by atoms with E-state index in [0.29, 0.717) is 17.0 Å². The molecule has 3 N–H and O–H groups in total. The number of hydrogen-bond donors (Lipinski definition) is 2. The SMILES string of the molecule is COc1cccc(Nc2nc(N)nc3c2ncn3C2CCCCO2)c1. The second kappa shape index (κ2) is 6.56. The summed E-state index contributed by atoms with van der Waals surface area (Å²) in [5, 5.41) is 3.25. The molecular weight excluding hydrogens is 320 g/mol. The molecule has 3 aromatic rings. The van der Waals surface area contributed by atoms with Crippen molar-refractivity contribution in [3.63, 3.8) is 0 Å². The predicted octanol–water partition coefficient (Wildman–Crippen LogP) is 2.86. The minimum Gasteiger partial charge on any atom is -0.497 e. The van der Waals surface area contributed by atoms with Crippen molar-refractivity contribution in [3.8, 4) is 5.75 Å². The number of rotatable bonds is 4. The molecule has 8 heteroatoms. The predicted molar refractivity (Wildman–Crippen MR) is 94.9 cm³/mol. The monoisotopic (exact) mass is 340 g/mol. The Hall–Kier alpha value is -2.87. The Morgan fingerprint density at radius 1 is 1.32 bits per heavy atom. The normalized spacial score (nSPS) is 17.6. The van der Waals surface area contributed by atoms with Crippen molar-refractivity contribution in [1.82, 2.24) is 19.5 Å². The summed E-state index contributed by atoms with van der Waals surface area (Å²) in [4.78, 5) is 13.2. The highest BCUT2D eigenvalue weighted by Gasteiger charge is 2.21. The van der Waals surface area contributed by atoms with Crippen LogP contribution in [0.25, 0.3) is 11.2 Å². The molecular formula is C17H20N6O2. The molecule has 2 aromatic heterocycles. The third-order valence-corrected chi connectivity index (χ3v) is 4.24. The van der Waals surface area contributed by atoms with E-state index in [9.17, 15) is 0 Å². The van der Waals surface area contributed by atoms with Gasteiger partial charge in [0.05, 0.1) is 13.4 Å². The maximum absolute atomic E-state index is 5.92. The number of fused-ring (bicyclic) bond motifs is 1. The minimum absolute atomic E-state index is 0.0577. The van der Waals surface area contributed by atoms with Gasteiger partial charge in [-0.3, -0.25) is 4.57 Å². The first-order chi connectivity index (χ1) is 12.2. The quantitative estimate of drug-likeness (QED) is 0.753. The number of anilines is 3. The van der Waals surface area contributed by atoms with Crippen molar-refractivity contribution in [2.75, 3.05) is 24.8 Å². The molecule has 130 valence electrons. The Balaban J connectivity index is 1.72. The lowest BCUT2D eigenvalue weighted by molar-refractivity contribution is -0.0298. The average Bonchev–Trinajstić information content (AvgIpc) is 3.06. The topological polar surface area (TPSA) is 100 Å². The number of imidazole rings is 1. The van der Waals surface area contributed by atoms with E-state index in [1.807, 2.05) is 28.8 Å². The molecule has 4 rings (SSSR count). The highest BCUT2D eigenvalue weighted by Crippen LogP contribution is 2.30. The van der Waals surface area contributed by atoms with Crippen LogP contribution in [0.5, 0.6) is 5.75 Å². The van der Waals surface area contributed by atoms with E-state index in [1.54, 1.807) is 13.4 Å². The van der Waals surface area contributed by atoms with Gasteiger partial charge in [0.15, 0.2) is 17.0 Å². The molecule has 1 aliphatic heterocycles. The zero-order valence-corrected chi connectivity index (χ0v) is 14.0. The number of nitrogen functional groups attached to an aromatic ring is 1. The number of nitrogens with two attached hydrogens (primary N) is 1. The van der Waals surface area contributed by atoms with Crippen LogP contribution in [0, 0.1) is 0 Å². The molecule has 0 spiro atoms. The molecule has 0 aliphatic carbocycles. The zero-order valence-electron chi connectivity index (χ0n) is 14.0. The van der Waals surface area contributed by atoms with Crippen molar-refractivity contribution in [2.24, 2.45) is 0 Å². The van der Waals surface area contributed by atoms with Crippen LogP contribution in [0.1, 0.15) is 25.5 Å². The fraction of sp³-hybridized carbons (Fsp3) is 0.353. The summed E-state index contributed by atoms with van der Waals surface area (Å²) in [6.45, 7) is 0.750. The van der Waals surface area contributed by atoms with Gasteiger partial charge in [-0.15, -0.1) is 0 Å². The van der Waals surface area contributed by atoms with Gasteiger partial charge in [0.2, 0.25) is 5.95 Å². The maximum Gasteiger partial charge on any atom is 0.224 e. The molecule has 1 aromatic carbocycles. The summed E-state index contributed by atoms with van der Waals surface area (Å²) in [7, 11) is 1.63. The van der Waals surface area contributed by atoms with E-state index in [2.05, 4.69) is 20.3 Å². The van der Waals surface area contributed by atoms with E-state index >= 15 is 0 Å². The highest BCUT2D eigenvalue weighted by atomic mass is 16.5. The lowest BCUT2D eigenvalue weighted by atomic mass is 10.2. The summed E-state index contributed by atoms with van der Waals surface area (Å²) in [5.41, 5.74) is 8.09. The zero-order chi connectivity index (χ0) is 17.2. The van der Waals surface area contributed by atoms with Crippen LogP contribution in [0.2, 0.25) is 0 Å². The van der Waals surface area contributed by atoms with Gasteiger partial charge in [-0.25, -0.2) is 4.98 Å². The largest absolute Gasteiger partial charge is 0.497 e. The van der Waals surface area contributed by atoms with Gasteiger partial charge in [-0.05, 0) is 31.4 Å². The van der Waals surface area contributed by atoms with E-state index < -0.39 is 0 Å². The molecule has 1 fully saturated rings. The molecule has 3 heterocycles. The molecule has 1 atom stereocenters. The van der Waals surface area contributed by atoms with Crippen LogP contribution in [0.15, 0.2) is 30.6 Å². The second-order valence-corrected chi connectivity index (χ2v) is 5.93. The van der Waals surface area contributed by atoms with E-state index in [1.165, 1.54) is 0 Å². The Morgan fingerprint density at radius 2 is 2.24 bits per heavy atom. The summed E-state index contributed by atoms with van der Waals surface area (Å²) in [6.07, 6.45) is 4.83. The number of methoxy groups -OCH3 is 1. The minimum atomic E-state index is -0.0577. The Morgan fingerprint density at radius 3 is 3.04 bits per heavy atom. The number of nitrogens with one attached hydrogen (secondary N) is 1. The number of ether oxygens (including phenoxy) is 2.